The van der Waals surface area contributed by atoms with Crippen LogP contribution in [-0.4, -0.2) is 5.78 Å². The van der Waals surface area contributed by atoms with Gasteiger partial charge in [-0.25, -0.2) is 4.39 Å². The summed E-state index contributed by atoms with van der Waals surface area (Å²) in [7, 11) is 0. The van der Waals surface area contributed by atoms with Crippen LogP contribution in [0.25, 0.3) is 0 Å². The molecule has 0 N–H and O–H groups in total. The van der Waals surface area contributed by atoms with Crippen molar-refractivity contribution >= 4 is 40.6 Å². The standard InChI is InChI=1S/C14H8Cl3FO/c15-8-4-5-9(12(17)6-8)14(19)7-10-11(16)2-1-3-13(10)18/h1-6H,7H2. The SMILES string of the molecule is O=C(Cc1c(F)cccc1Cl)c1ccc(Cl)cc1Cl. The van der Waals surface area contributed by atoms with Crippen molar-refractivity contribution in [2.75, 3.05) is 0 Å². The van der Waals surface area contributed by atoms with Crippen LogP contribution in [0, 0.1) is 5.82 Å². The van der Waals surface area contributed by atoms with E-state index in [0.717, 1.165) is 0 Å². The number of rotatable bonds is 3. The summed E-state index contributed by atoms with van der Waals surface area (Å²) in [6.45, 7) is 0. The molecule has 1 nitrogen and oxygen atoms in total. The Morgan fingerprint density at radius 3 is 2.42 bits per heavy atom. The van der Waals surface area contributed by atoms with E-state index in [0.29, 0.717) is 10.6 Å². The maximum absolute atomic E-state index is 13.6. The third kappa shape index (κ3) is 3.27. The van der Waals surface area contributed by atoms with Crippen LogP contribution in [0.1, 0.15) is 15.9 Å². The first-order valence-electron chi connectivity index (χ1n) is 5.40. The zero-order chi connectivity index (χ0) is 14.0. The van der Waals surface area contributed by atoms with Crippen LogP contribution in [0.3, 0.4) is 0 Å². The molecule has 0 saturated heterocycles. The molecule has 0 bridgehead atoms. The summed E-state index contributed by atoms with van der Waals surface area (Å²) in [6.07, 6.45) is -0.146. The molecule has 98 valence electrons. The Kier molecular flexibility index (Phi) is 4.46. The molecule has 0 fully saturated rings. The van der Waals surface area contributed by atoms with Crippen molar-refractivity contribution in [3.63, 3.8) is 0 Å². The minimum Gasteiger partial charge on any atom is -0.294 e. The van der Waals surface area contributed by atoms with E-state index >= 15 is 0 Å². The molecule has 0 spiro atoms. The maximum Gasteiger partial charge on any atom is 0.168 e. The quantitative estimate of drug-likeness (QED) is 0.710. The number of halogens is 4. The summed E-state index contributed by atoms with van der Waals surface area (Å²) >= 11 is 17.6. The van der Waals surface area contributed by atoms with Gasteiger partial charge in [-0.05, 0) is 30.3 Å². The van der Waals surface area contributed by atoms with Gasteiger partial charge in [0.15, 0.2) is 5.78 Å². The van der Waals surface area contributed by atoms with Crippen molar-refractivity contribution in [1.82, 2.24) is 0 Å². The number of hydrogen-bond acceptors (Lipinski definition) is 1. The van der Waals surface area contributed by atoms with Gasteiger partial charge in [0.2, 0.25) is 0 Å². The van der Waals surface area contributed by atoms with Crippen LogP contribution >= 0.6 is 34.8 Å². The van der Waals surface area contributed by atoms with Gasteiger partial charge in [0.05, 0.1) is 5.02 Å². The van der Waals surface area contributed by atoms with Gasteiger partial charge in [-0.15, -0.1) is 0 Å². The zero-order valence-electron chi connectivity index (χ0n) is 9.59. The lowest BCUT2D eigenvalue weighted by Crippen LogP contribution is -2.06. The fourth-order valence-corrected chi connectivity index (χ4v) is 2.42. The van der Waals surface area contributed by atoms with Gasteiger partial charge in [-0.3, -0.25) is 4.79 Å². The van der Waals surface area contributed by atoms with E-state index in [-0.39, 0.29) is 27.8 Å². The van der Waals surface area contributed by atoms with E-state index in [1.54, 1.807) is 6.07 Å². The predicted molar refractivity (Wildman–Crippen MR) is 75.9 cm³/mol. The number of carbonyl (C=O) groups is 1. The molecule has 0 saturated carbocycles. The third-order valence-corrected chi connectivity index (χ3v) is 3.53. The van der Waals surface area contributed by atoms with Crippen LogP contribution in [0.2, 0.25) is 15.1 Å². The van der Waals surface area contributed by atoms with Crippen molar-refractivity contribution < 1.29 is 9.18 Å². The molecule has 19 heavy (non-hydrogen) atoms. The molecule has 0 aliphatic carbocycles. The van der Waals surface area contributed by atoms with Crippen LogP contribution in [0.15, 0.2) is 36.4 Å². The summed E-state index contributed by atoms with van der Waals surface area (Å²) in [5, 5.41) is 0.897. The summed E-state index contributed by atoms with van der Waals surface area (Å²) in [4.78, 5) is 12.1. The van der Waals surface area contributed by atoms with Gasteiger partial charge in [-0.1, -0.05) is 40.9 Å². The number of Topliss-reactive ketones (excluding diaryl/α,β-unsaturated/α-hetero) is 1. The van der Waals surface area contributed by atoms with Crippen molar-refractivity contribution in [2.24, 2.45) is 0 Å². The number of hydrogen-bond donors (Lipinski definition) is 0. The van der Waals surface area contributed by atoms with E-state index in [2.05, 4.69) is 0 Å². The second-order valence-corrected chi connectivity index (χ2v) is 5.18. The molecule has 0 aliphatic heterocycles. The molecule has 0 aliphatic rings. The van der Waals surface area contributed by atoms with Gasteiger partial charge in [0.25, 0.3) is 0 Å². The molecule has 0 atom stereocenters. The molecule has 2 aromatic rings. The Hall–Kier alpha value is -1.09. The highest BCUT2D eigenvalue weighted by Crippen LogP contribution is 2.25. The minimum absolute atomic E-state index is 0.146. The second-order valence-electron chi connectivity index (χ2n) is 3.92. The summed E-state index contributed by atoms with van der Waals surface area (Å²) in [6, 6.07) is 8.83. The number of carbonyl (C=O) groups excluding carboxylic acids is 1. The normalized spacial score (nSPS) is 10.5. The van der Waals surface area contributed by atoms with E-state index in [1.165, 1.54) is 30.3 Å². The smallest absolute Gasteiger partial charge is 0.168 e. The largest absolute Gasteiger partial charge is 0.294 e. The van der Waals surface area contributed by atoms with E-state index in [9.17, 15) is 9.18 Å². The Morgan fingerprint density at radius 1 is 1.05 bits per heavy atom. The van der Waals surface area contributed by atoms with Crippen molar-refractivity contribution in [1.29, 1.82) is 0 Å². The highest BCUT2D eigenvalue weighted by molar-refractivity contribution is 6.37. The van der Waals surface area contributed by atoms with Gasteiger partial charge >= 0.3 is 0 Å². The molecule has 0 radical (unpaired) electrons. The first-order valence-corrected chi connectivity index (χ1v) is 6.53. The molecule has 5 heteroatoms. The second kappa shape index (κ2) is 5.91. The maximum atomic E-state index is 13.6. The lowest BCUT2D eigenvalue weighted by atomic mass is 10.0. The van der Waals surface area contributed by atoms with Crippen LogP contribution in [0.5, 0.6) is 0 Å². The minimum atomic E-state index is -0.508. The lowest BCUT2D eigenvalue weighted by Gasteiger charge is -2.07. The molecule has 0 aromatic heterocycles. The predicted octanol–water partition coefficient (Wildman–Crippen LogP) is 5.21. The third-order valence-electron chi connectivity index (χ3n) is 2.63. The van der Waals surface area contributed by atoms with Crippen LogP contribution in [-0.2, 0) is 6.42 Å². The average molecular weight is 318 g/mol. The van der Waals surface area contributed by atoms with Crippen LogP contribution in [0.4, 0.5) is 4.39 Å². The number of benzene rings is 2. The van der Waals surface area contributed by atoms with Crippen molar-refractivity contribution in [3.05, 3.63) is 68.4 Å². The molecule has 2 rings (SSSR count). The zero-order valence-corrected chi connectivity index (χ0v) is 11.9. The van der Waals surface area contributed by atoms with Crippen molar-refractivity contribution in [3.8, 4) is 0 Å². The van der Waals surface area contributed by atoms with Gasteiger partial charge in [0.1, 0.15) is 5.82 Å². The van der Waals surface area contributed by atoms with Gasteiger partial charge in [0, 0.05) is 27.6 Å². The lowest BCUT2D eigenvalue weighted by molar-refractivity contribution is 0.0992. The molecule has 0 heterocycles. The number of ketones is 1. The van der Waals surface area contributed by atoms with Gasteiger partial charge in [-0.2, -0.15) is 0 Å². The Labute approximate surface area is 124 Å². The Bertz CT molecular complexity index is 620. The average Bonchev–Trinajstić information content (AvgIpc) is 2.33. The summed E-state index contributed by atoms with van der Waals surface area (Å²) < 4.78 is 13.6. The Balaban J connectivity index is 2.31. The highest BCUT2D eigenvalue weighted by Gasteiger charge is 2.16. The van der Waals surface area contributed by atoms with E-state index in [4.69, 9.17) is 34.8 Å². The highest BCUT2D eigenvalue weighted by atomic mass is 35.5. The summed E-state index contributed by atoms with van der Waals surface area (Å²) in [5.74, 6) is -0.820. The first kappa shape index (κ1) is 14.3. The monoisotopic (exact) mass is 316 g/mol. The van der Waals surface area contributed by atoms with Gasteiger partial charge < -0.3 is 0 Å². The fraction of sp³-hybridized carbons (Fsp3) is 0.0714. The van der Waals surface area contributed by atoms with Crippen molar-refractivity contribution in [2.45, 2.75) is 6.42 Å². The first-order chi connectivity index (χ1) is 8.99. The van der Waals surface area contributed by atoms with E-state index < -0.39 is 5.82 Å². The molecular weight excluding hydrogens is 310 g/mol. The van der Waals surface area contributed by atoms with E-state index in [1.807, 2.05) is 0 Å². The molecule has 0 amide bonds. The molecule has 2 aromatic carbocycles. The van der Waals surface area contributed by atoms with Crippen LogP contribution < -0.4 is 0 Å². The molecule has 0 unspecified atom stereocenters. The summed E-state index contributed by atoms with van der Waals surface area (Å²) in [5.41, 5.74) is 0.463. The Morgan fingerprint density at radius 2 is 1.79 bits per heavy atom. The fourth-order valence-electron chi connectivity index (χ4n) is 1.67. The topological polar surface area (TPSA) is 17.1 Å². The molecular formula is C14H8Cl3FO.